The zero-order valence-corrected chi connectivity index (χ0v) is 13.3. The highest BCUT2D eigenvalue weighted by atomic mass is 32.1. The van der Waals surface area contributed by atoms with Gasteiger partial charge in [0.2, 0.25) is 0 Å². The molecule has 4 rings (SSSR count). The SMILES string of the molecule is Cn1ccnc1CN1CCN(c2ncnc3sccc23)CC1. The first-order valence-corrected chi connectivity index (χ1v) is 8.31. The molecule has 7 heteroatoms. The van der Waals surface area contributed by atoms with Crippen molar-refractivity contribution < 1.29 is 0 Å². The van der Waals surface area contributed by atoms with E-state index in [1.165, 1.54) is 5.39 Å². The lowest BCUT2D eigenvalue weighted by atomic mass is 10.2. The van der Waals surface area contributed by atoms with Gasteiger partial charge < -0.3 is 9.47 Å². The van der Waals surface area contributed by atoms with Crippen molar-refractivity contribution >= 4 is 27.4 Å². The van der Waals surface area contributed by atoms with E-state index in [0.717, 1.165) is 49.2 Å². The van der Waals surface area contributed by atoms with Crippen LogP contribution in [-0.4, -0.2) is 50.6 Å². The first kappa shape index (κ1) is 13.7. The molecule has 1 fully saturated rings. The van der Waals surface area contributed by atoms with Crippen LogP contribution in [0.5, 0.6) is 0 Å². The number of hydrogen-bond donors (Lipinski definition) is 0. The second kappa shape index (κ2) is 5.66. The summed E-state index contributed by atoms with van der Waals surface area (Å²) in [6, 6.07) is 2.12. The third kappa shape index (κ3) is 2.46. The van der Waals surface area contributed by atoms with E-state index in [9.17, 15) is 0 Å². The average molecular weight is 314 g/mol. The van der Waals surface area contributed by atoms with Crippen LogP contribution in [0.1, 0.15) is 5.82 Å². The number of hydrogen-bond acceptors (Lipinski definition) is 6. The molecule has 4 heterocycles. The van der Waals surface area contributed by atoms with Crippen LogP contribution in [0.15, 0.2) is 30.2 Å². The number of piperazine rings is 1. The van der Waals surface area contributed by atoms with Gasteiger partial charge in [-0.05, 0) is 11.4 Å². The summed E-state index contributed by atoms with van der Waals surface area (Å²) in [5.41, 5.74) is 0. The monoisotopic (exact) mass is 314 g/mol. The third-order valence-electron chi connectivity index (χ3n) is 4.20. The van der Waals surface area contributed by atoms with E-state index in [1.807, 2.05) is 19.4 Å². The molecule has 0 amide bonds. The van der Waals surface area contributed by atoms with Crippen molar-refractivity contribution in [1.82, 2.24) is 24.4 Å². The van der Waals surface area contributed by atoms with Crippen molar-refractivity contribution in [3.8, 4) is 0 Å². The van der Waals surface area contributed by atoms with Crippen LogP contribution < -0.4 is 4.90 Å². The molecule has 6 nitrogen and oxygen atoms in total. The number of anilines is 1. The predicted molar refractivity (Wildman–Crippen MR) is 88.1 cm³/mol. The molecule has 0 N–H and O–H groups in total. The minimum atomic E-state index is 0.912. The van der Waals surface area contributed by atoms with E-state index >= 15 is 0 Å². The Balaban J connectivity index is 1.46. The van der Waals surface area contributed by atoms with E-state index in [1.54, 1.807) is 17.7 Å². The summed E-state index contributed by atoms with van der Waals surface area (Å²) in [7, 11) is 2.05. The van der Waals surface area contributed by atoms with Gasteiger partial charge in [-0.1, -0.05) is 0 Å². The molecule has 0 atom stereocenters. The van der Waals surface area contributed by atoms with Crippen LogP contribution in [-0.2, 0) is 13.6 Å². The Kier molecular flexibility index (Phi) is 3.51. The molecular formula is C15H18N6S. The van der Waals surface area contributed by atoms with Gasteiger partial charge in [-0.25, -0.2) is 15.0 Å². The first-order chi connectivity index (χ1) is 10.8. The Morgan fingerprint density at radius 1 is 1.14 bits per heavy atom. The summed E-state index contributed by atoms with van der Waals surface area (Å²) < 4.78 is 2.09. The minimum Gasteiger partial charge on any atom is -0.353 e. The average Bonchev–Trinajstić information content (AvgIpc) is 3.17. The van der Waals surface area contributed by atoms with Gasteiger partial charge in [0.05, 0.1) is 11.9 Å². The topological polar surface area (TPSA) is 50.1 Å². The molecule has 22 heavy (non-hydrogen) atoms. The number of imidazole rings is 1. The van der Waals surface area contributed by atoms with Gasteiger partial charge >= 0.3 is 0 Å². The molecule has 1 saturated heterocycles. The lowest BCUT2D eigenvalue weighted by Crippen LogP contribution is -2.46. The standard InChI is InChI=1S/C15H18N6S/c1-19-4-3-16-13(19)10-20-5-7-21(8-6-20)14-12-2-9-22-15(12)18-11-17-14/h2-4,9,11H,5-8,10H2,1H3. The highest BCUT2D eigenvalue weighted by Crippen LogP contribution is 2.27. The van der Waals surface area contributed by atoms with Crippen molar-refractivity contribution in [3.05, 3.63) is 36.0 Å². The Morgan fingerprint density at radius 2 is 2.00 bits per heavy atom. The molecule has 0 unspecified atom stereocenters. The van der Waals surface area contributed by atoms with Crippen LogP contribution >= 0.6 is 11.3 Å². The Hall–Kier alpha value is -1.99. The van der Waals surface area contributed by atoms with E-state index in [2.05, 4.69) is 40.8 Å². The summed E-state index contributed by atoms with van der Waals surface area (Å²) >= 11 is 1.67. The summed E-state index contributed by atoms with van der Waals surface area (Å²) in [6.07, 6.45) is 5.54. The number of nitrogens with zero attached hydrogens (tertiary/aromatic N) is 6. The zero-order chi connectivity index (χ0) is 14.9. The van der Waals surface area contributed by atoms with Crippen molar-refractivity contribution in [2.75, 3.05) is 31.1 Å². The summed E-state index contributed by atoms with van der Waals surface area (Å²) in [5.74, 6) is 2.19. The molecule has 3 aromatic heterocycles. The minimum absolute atomic E-state index is 0.912. The molecule has 3 aromatic rings. The smallest absolute Gasteiger partial charge is 0.140 e. The first-order valence-electron chi connectivity index (χ1n) is 7.43. The molecular weight excluding hydrogens is 296 g/mol. The number of rotatable bonds is 3. The Bertz CT molecular complexity index is 771. The van der Waals surface area contributed by atoms with Gasteiger partial charge in [0.25, 0.3) is 0 Å². The Labute approximate surface area is 133 Å². The summed E-state index contributed by atoms with van der Waals surface area (Å²) in [6.45, 7) is 4.96. The number of fused-ring (bicyclic) bond motifs is 1. The van der Waals surface area contributed by atoms with Crippen molar-refractivity contribution in [2.45, 2.75) is 6.54 Å². The molecule has 0 bridgehead atoms. The molecule has 1 aliphatic rings. The quantitative estimate of drug-likeness (QED) is 0.737. The third-order valence-corrected chi connectivity index (χ3v) is 5.02. The zero-order valence-electron chi connectivity index (χ0n) is 12.5. The van der Waals surface area contributed by atoms with E-state index in [0.29, 0.717) is 0 Å². The van der Waals surface area contributed by atoms with Gasteiger partial charge in [-0.2, -0.15) is 0 Å². The highest BCUT2D eigenvalue weighted by Gasteiger charge is 2.21. The summed E-state index contributed by atoms with van der Waals surface area (Å²) in [4.78, 5) is 19.1. The van der Waals surface area contributed by atoms with Crippen LogP contribution in [0.3, 0.4) is 0 Å². The van der Waals surface area contributed by atoms with E-state index in [4.69, 9.17) is 0 Å². The second-order valence-electron chi connectivity index (χ2n) is 5.55. The lowest BCUT2D eigenvalue weighted by molar-refractivity contribution is 0.241. The van der Waals surface area contributed by atoms with Gasteiger partial charge in [0.1, 0.15) is 22.8 Å². The molecule has 1 aliphatic heterocycles. The summed E-state index contributed by atoms with van der Waals surface area (Å²) in [5, 5.41) is 3.25. The van der Waals surface area contributed by atoms with E-state index < -0.39 is 0 Å². The normalized spacial score (nSPS) is 16.5. The molecule has 0 saturated carbocycles. The number of thiophene rings is 1. The van der Waals surface area contributed by atoms with Gasteiger partial charge in [0, 0.05) is 45.6 Å². The molecule has 0 aromatic carbocycles. The fraction of sp³-hybridized carbons (Fsp3) is 0.400. The maximum atomic E-state index is 4.50. The lowest BCUT2D eigenvalue weighted by Gasteiger charge is -2.35. The van der Waals surface area contributed by atoms with Crippen LogP contribution in [0.4, 0.5) is 5.82 Å². The van der Waals surface area contributed by atoms with Crippen LogP contribution in [0.2, 0.25) is 0 Å². The maximum Gasteiger partial charge on any atom is 0.140 e. The maximum absolute atomic E-state index is 4.50. The molecule has 0 aliphatic carbocycles. The van der Waals surface area contributed by atoms with Crippen LogP contribution in [0.25, 0.3) is 10.2 Å². The molecule has 114 valence electrons. The number of aromatic nitrogens is 4. The second-order valence-corrected chi connectivity index (χ2v) is 6.45. The molecule has 0 radical (unpaired) electrons. The molecule has 0 spiro atoms. The largest absolute Gasteiger partial charge is 0.353 e. The van der Waals surface area contributed by atoms with Crippen LogP contribution in [0, 0.1) is 0 Å². The predicted octanol–water partition coefficient (Wildman–Crippen LogP) is 1.75. The van der Waals surface area contributed by atoms with Gasteiger partial charge in [0.15, 0.2) is 0 Å². The van der Waals surface area contributed by atoms with Gasteiger partial charge in [-0.3, -0.25) is 4.90 Å². The van der Waals surface area contributed by atoms with E-state index in [-0.39, 0.29) is 0 Å². The van der Waals surface area contributed by atoms with Crippen molar-refractivity contribution in [2.24, 2.45) is 7.05 Å². The Morgan fingerprint density at radius 3 is 2.77 bits per heavy atom. The number of aryl methyl sites for hydroxylation is 1. The fourth-order valence-electron chi connectivity index (χ4n) is 2.90. The van der Waals surface area contributed by atoms with Crippen molar-refractivity contribution in [3.63, 3.8) is 0 Å². The van der Waals surface area contributed by atoms with Crippen molar-refractivity contribution in [1.29, 1.82) is 0 Å². The highest BCUT2D eigenvalue weighted by molar-refractivity contribution is 7.16. The van der Waals surface area contributed by atoms with Gasteiger partial charge in [-0.15, -0.1) is 11.3 Å². The fourth-order valence-corrected chi connectivity index (χ4v) is 3.62.